The van der Waals surface area contributed by atoms with Crippen molar-refractivity contribution in [2.75, 3.05) is 32.7 Å². The third-order valence-electron chi connectivity index (χ3n) is 4.84. The Labute approximate surface area is 144 Å². The van der Waals surface area contributed by atoms with Crippen LogP contribution in [-0.4, -0.2) is 74.3 Å². The summed E-state index contributed by atoms with van der Waals surface area (Å²) in [4.78, 5) is 16.3. The smallest absolute Gasteiger partial charge is 0.222 e. The fraction of sp³-hybridized carbons (Fsp3) is 0.938. The van der Waals surface area contributed by atoms with Gasteiger partial charge in [0, 0.05) is 45.4 Å². The van der Waals surface area contributed by atoms with Gasteiger partial charge in [-0.3, -0.25) is 4.79 Å². The molecule has 0 saturated carbocycles. The molecule has 0 aromatic rings. The van der Waals surface area contributed by atoms with Crippen molar-refractivity contribution >= 4 is 31.8 Å². The van der Waals surface area contributed by atoms with Crippen LogP contribution < -0.4 is 0 Å². The van der Waals surface area contributed by atoms with Crippen LogP contribution in [0, 0.1) is 5.41 Å². The van der Waals surface area contributed by atoms with Gasteiger partial charge in [-0.1, -0.05) is 27.7 Å². The van der Waals surface area contributed by atoms with Crippen molar-refractivity contribution in [3.8, 4) is 0 Å². The van der Waals surface area contributed by atoms with Crippen molar-refractivity contribution in [1.29, 1.82) is 0 Å². The van der Waals surface area contributed by atoms with Gasteiger partial charge in [0.25, 0.3) is 0 Å². The van der Waals surface area contributed by atoms with E-state index in [1.54, 1.807) is 0 Å². The van der Waals surface area contributed by atoms with Gasteiger partial charge in [0.05, 0.1) is 0 Å². The molecule has 0 N–H and O–H groups in total. The first-order valence-electron chi connectivity index (χ1n) is 8.19. The van der Waals surface area contributed by atoms with Crippen LogP contribution in [0.1, 0.15) is 59.8 Å². The van der Waals surface area contributed by atoms with E-state index in [0.29, 0.717) is 17.7 Å². The molecule has 1 amide bonds. The van der Waals surface area contributed by atoms with E-state index in [4.69, 9.17) is 0 Å². The average molecular weight is 383 g/mol. The van der Waals surface area contributed by atoms with Crippen LogP contribution in [0.2, 0.25) is 0 Å². The average Bonchev–Trinajstić information content (AvgIpc) is 2.50. The maximum atomic E-state index is 11.7. The molecule has 0 unspecified atom stereocenters. The van der Waals surface area contributed by atoms with Gasteiger partial charge in [-0.05, 0) is 50.7 Å². The van der Waals surface area contributed by atoms with Crippen LogP contribution in [-0.2, 0) is 4.79 Å². The number of piperidine rings is 2. The Kier molecular flexibility index (Phi) is 10.2. The number of nitrogens with zero attached hydrogens (tertiary/aromatic N) is 2. The second-order valence-electron chi connectivity index (χ2n) is 5.67. The summed E-state index contributed by atoms with van der Waals surface area (Å²) in [5, 5.41) is 0. The molecule has 0 bridgehead atoms. The molecule has 2 rings (SSSR count). The van der Waals surface area contributed by atoms with Gasteiger partial charge in [0.1, 0.15) is 0 Å². The van der Waals surface area contributed by atoms with Gasteiger partial charge < -0.3 is 9.80 Å². The van der Waals surface area contributed by atoms with E-state index in [1.807, 2.05) is 20.8 Å². The molecule has 2 fully saturated rings. The fourth-order valence-corrected chi connectivity index (χ4v) is 3.30. The molecule has 3 nitrogen and oxygen atoms in total. The predicted molar refractivity (Wildman–Crippen MR) is 87.0 cm³/mol. The van der Waals surface area contributed by atoms with Gasteiger partial charge in [-0.25, -0.2) is 0 Å². The van der Waals surface area contributed by atoms with Crippen LogP contribution >= 0.6 is 0 Å². The van der Waals surface area contributed by atoms with Crippen LogP contribution in [0.15, 0.2) is 0 Å². The van der Waals surface area contributed by atoms with Gasteiger partial charge in [0.15, 0.2) is 0 Å². The zero-order valence-corrected chi connectivity index (χ0v) is 17.2. The van der Waals surface area contributed by atoms with Crippen LogP contribution in [0.4, 0.5) is 0 Å². The Bertz CT molecular complexity index is 266. The summed E-state index contributed by atoms with van der Waals surface area (Å²) >= 11 is 0. The fourth-order valence-electron chi connectivity index (χ4n) is 3.30. The molecular formula is C16H32InN2O. The molecule has 2 aliphatic heterocycles. The summed E-state index contributed by atoms with van der Waals surface area (Å²) in [6, 6.07) is 0. The van der Waals surface area contributed by atoms with Crippen molar-refractivity contribution < 1.29 is 4.79 Å². The molecule has 0 aliphatic carbocycles. The zero-order chi connectivity index (χ0) is 14.3. The zero-order valence-electron chi connectivity index (χ0n) is 14.0. The maximum absolute atomic E-state index is 11.7. The number of carbonyl (C=O) groups is 1. The molecule has 20 heavy (non-hydrogen) atoms. The van der Waals surface area contributed by atoms with Crippen LogP contribution in [0.25, 0.3) is 0 Å². The molecule has 4 heteroatoms. The molecule has 0 aromatic carbocycles. The third kappa shape index (κ3) is 5.25. The molecule has 0 aromatic heterocycles. The monoisotopic (exact) mass is 383 g/mol. The Morgan fingerprint density at radius 3 is 1.80 bits per heavy atom. The first-order chi connectivity index (χ1) is 9.19. The number of hydrogen-bond acceptors (Lipinski definition) is 2. The van der Waals surface area contributed by atoms with Crippen molar-refractivity contribution in [2.24, 2.45) is 5.41 Å². The van der Waals surface area contributed by atoms with Gasteiger partial charge in [-0.2, -0.15) is 0 Å². The Hall–Kier alpha value is 0.300. The van der Waals surface area contributed by atoms with Gasteiger partial charge in [0.2, 0.25) is 5.91 Å². The first-order valence-corrected chi connectivity index (χ1v) is 8.19. The Balaban J connectivity index is 0.00000115. The molecular weight excluding hydrogens is 351 g/mol. The first kappa shape index (κ1) is 20.3. The van der Waals surface area contributed by atoms with E-state index in [2.05, 4.69) is 16.7 Å². The molecule has 3 radical (unpaired) electrons. The summed E-state index contributed by atoms with van der Waals surface area (Å²) in [6.07, 6.45) is 5.81. The Morgan fingerprint density at radius 2 is 1.40 bits per heavy atom. The third-order valence-corrected chi connectivity index (χ3v) is 4.84. The second kappa shape index (κ2) is 10.1. The quantitative estimate of drug-likeness (QED) is 0.732. The van der Waals surface area contributed by atoms with Crippen LogP contribution in [0.5, 0.6) is 0 Å². The number of rotatable bonds is 2. The van der Waals surface area contributed by atoms with E-state index < -0.39 is 0 Å². The second-order valence-corrected chi connectivity index (χ2v) is 5.67. The number of likely N-dealkylation sites (tertiary alicyclic amines) is 2. The van der Waals surface area contributed by atoms with Crippen molar-refractivity contribution in [3.05, 3.63) is 0 Å². The molecule has 1 spiro atoms. The van der Waals surface area contributed by atoms with Crippen molar-refractivity contribution in [1.82, 2.24) is 9.80 Å². The summed E-state index contributed by atoms with van der Waals surface area (Å²) in [5.74, 6) is 0.339. The van der Waals surface area contributed by atoms with Crippen molar-refractivity contribution in [3.63, 3.8) is 0 Å². The van der Waals surface area contributed by atoms with E-state index in [0.717, 1.165) is 13.1 Å². The van der Waals surface area contributed by atoms with E-state index >= 15 is 0 Å². The minimum Gasteiger partial charge on any atom is -0.343 e. The number of hydrogen-bond donors (Lipinski definition) is 0. The summed E-state index contributed by atoms with van der Waals surface area (Å²) < 4.78 is 0. The predicted octanol–water partition coefficient (Wildman–Crippen LogP) is 2.77. The number of carbonyl (C=O) groups excluding carboxylic acids is 1. The maximum Gasteiger partial charge on any atom is 0.222 e. The summed E-state index contributed by atoms with van der Waals surface area (Å²) in [7, 11) is 0. The van der Waals surface area contributed by atoms with Gasteiger partial charge >= 0.3 is 0 Å². The largest absolute Gasteiger partial charge is 0.343 e. The van der Waals surface area contributed by atoms with E-state index in [1.165, 1.54) is 45.3 Å². The molecule has 0 atom stereocenters. The molecule has 115 valence electrons. The number of amides is 1. The normalized spacial score (nSPS) is 21.7. The molecule has 2 heterocycles. The van der Waals surface area contributed by atoms with Gasteiger partial charge in [-0.15, -0.1) is 0 Å². The summed E-state index contributed by atoms with van der Waals surface area (Å²) in [6.45, 7) is 13.9. The standard InChI is InChI=1S/C14H26N2O.C2H6.In/c1-3-13(17)16-11-7-14(8-12-16)5-9-15(4-2)10-6-14;1-2;/h3-12H2,1-2H3;1-2H3;. The summed E-state index contributed by atoms with van der Waals surface area (Å²) in [5.41, 5.74) is 0.566. The topological polar surface area (TPSA) is 23.6 Å². The van der Waals surface area contributed by atoms with Crippen LogP contribution in [0.3, 0.4) is 0 Å². The van der Waals surface area contributed by atoms with Crippen molar-refractivity contribution in [2.45, 2.75) is 59.8 Å². The minimum absolute atomic E-state index is 0. The van der Waals surface area contributed by atoms with E-state index in [9.17, 15) is 4.79 Å². The van der Waals surface area contributed by atoms with E-state index in [-0.39, 0.29) is 25.8 Å². The Morgan fingerprint density at radius 1 is 0.950 bits per heavy atom. The molecule has 2 aliphatic rings. The minimum atomic E-state index is 0. The molecule has 2 saturated heterocycles. The SMILES string of the molecule is CC.CCC(=O)N1CCC2(CCN(CC)CC2)CC1.[In].